The Morgan fingerprint density at radius 2 is 1.70 bits per heavy atom. The standard InChI is InChI=1S/C30H34N4O3/c1-33(24-13-7-3-8-14-24)30(35)36-21-28(22-11-5-2-6-12-22)34-20-23-19-26(17-18-27(23)32-29(34)31)37-25-15-9-4-10-16-25/h2,4-6,9-12,15-19,24,28H,3,7-8,13-14,20-21H2,1H3,(H2,31,32)/t28-/m0/s1. The van der Waals surface area contributed by atoms with E-state index < -0.39 is 0 Å². The Balaban J connectivity index is 1.34. The maximum Gasteiger partial charge on any atom is 0.409 e. The number of guanidine groups is 1. The fourth-order valence-corrected chi connectivity index (χ4v) is 5.12. The molecule has 7 heteroatoms. The first-order chi connectivity index (χ1) is 18.1. The van der Waals surface area contributed by atoms with Crippen LogP contribution in [0.1, 0.15) is 49.3 Å². The van der Waals surface area contributed by atoms with Crippen molar-refractivity contribution >= 4 is 17.7 Å². The third-order valence-corrected chi connectivity index (χ3v) is 7.24. The van der Waals surface area contributed by atoms with Crippen LogP contribution in [-0.2, 0) is 11.3 Å². The van der Waals surface area contributed by atoms with Gasteiger partial charge in [-0.15, -0.1) is 0 Å². The summed E-state index contributed by atoms with van der Waals surface area (Å²) in [5, 5.41) is 0. The maximum atomic E-state index is 13.0. The minimum atomic E-state index is -0.292. The molecular weight excluding hydrogens is 464 g/mol. The molecule has 1 heterocycles. The lowest BCUT2D eigenvalue weighted by molar-refractivity contribution is 0.0686. The number of nitrogens with zero attached hydrogens (tertiary/aromatic N) is 3. The SMILES string of the molecule is CN(C(=O)OC[C@@H](c1ccccc1)N1Cc2cc(Oc3ccccc3)ccc2N=C1N)C1CCCCC1. The molecule has 37 heavy (non-hydrogen) atoms. The van der Waals surface area contributed by atoms with Gasteiger partial charge in [0, 0.05) is 25.2 Å². The van der Waals surface area contributed by atoms with Crippen molar-refractivity contribution < 1.29 is 14.3 Å². The molecule has 2 N–H and O–H groups in total. The number of carbonyl (C=O) groups is 1. The largest absolute Gasteiger partial charge is 0.457 e. The second kappa shape index (κ2) is 11.4. The summed E-state index contributed by atoms with van der Waals surface area (Å²) in [6, 6.07) is 25.5. The minimum Gasteiger partial charge on any atom is -0.457 e. The van der Waals surface area contributed by atoms with Crippen LogP contribution in [0.2, 0.25) is 0 Å². The van der Waals surface area contributed by atoms with Gasteiger partial charge in [0.25, 0.3) is 0 Å². The Kier molecular flexibility index (Phi) is 7.59. The number of rotatable bonds is 7. The fraction of sp³-hybridized carbons (Fsp3) is 0.333. The van der Waals surface area contributed by atoms with Crippen molar-refractivity contribution in [1.82, 2.24) is 9.80 Å². The number of amides is 1. The monoisotopic (exact) mass is 498 g/mol. The maximum absolute atomic E-state index is 13.0. The van der Waals surface area contributed by atoms with Crippen LogP contribution >= 0.6 is 0 Å². The van der Waals surface area contributed by atoms with Gasteiger partial charge in [-0.1, -0.05) is 67.8 Å². The van der Waals surface area contributed by atoms with Gasteiger partial charge >= 0.3 is 6.09 Å². The van der Waals surface area contributed by atoms with Crippen molar-refractivity contribution in [3.63, 3.8) is 0 Å². The number of hydrogen-bond acceptors (Lipinski definition) is 6. The van der Waals surface area contributed by atoms with Gasteiger partial charge in [-0.2, -0.15) is 0 Å². The zero-order valence-electron chi connectivity index (χ0n) is 21.3. The van der Waals surface area contributed by atoms with Crippen LogP contribution < -0.4 is 10.5 Å². The van der Waals surface area contributed by atoms with Crippen molar-refractivity contribution in [3.8, 4) is 11.5 Å². The topological polar surface area (TPSA) is 80.4 Å². The molecule has 5 rings (SSSR count). The van der Waals surface area contributed by atoms with Gasteiger partial charge in [0.1, 0.15) is 18.1 Å². The number of aliphatic imine (C=N–C) groups is 1. The number of ether oxygens (including phenoxy) is 2. The average Bonchev–Trinajstić information content (AvgIpc) is 2.94. The highest BCUT2D eigenvalue weighted by atomic mass is 16.6. The summed E-state index contributed by atoms with van der Waals surface area (Å²) in [6.07, 6.45) is 5.32. The Hall–Kier alpha value is -4.00. The number of nitrogens with two attached hydrogens (primary N) is 1. The number of carbonyl (C=O) groups excluding carboxylic acids is 1. The summed E-state index contributed by atoms with van der Waals surface area (Å²) >= 11 is 0. The molecule has 3 aromatic carbocycles. The first-order valence-corrected chi connectivity index (χ1v) is 13.0. The predicted octanol–water partition coefficient (Wildman–Crippen LogP) is 6.38. The molecule has 1 fully saturated rings. The summed E-state index contributed by atoms with van der Waals surface area (Å²) in [5.41, 5.74) is 9.29. The lowest BCUT2D eigenvalue weighted by Crippen LogP contribution is -2.44. The van der Waals surface area contributed by atoms with E-state index in [4.69, 9.17) is 15.2 Å². The Bertz CT molecular complexity index is 1230. The molecular formula is C30H34N4O3. The Labute approximate surface area is 218 Å². The molecule has 2 aliphatic rings. The summed E-state index contributed by atoms with van der Waals surface area (Å²) in [6.45, 7) is 0.692. The predicted molar refractivity (Wildman–Crippen MR) is 145 cm³/mol. The van der Waals surface area contributed by atoms with Crippen molar-refractivity contribution in [2.45, 2.75) is 50.7 Å². The second-order valence-electron chi connectivity index (χ2n) is 9.71. The molecule has 0 radical (unpaired) electrons. The van der Waals surface area contributed by atoms with Crippen LogP contribution in [0.15, 0.2) is 83.9 Å². The summed E-state index contributed by atoms with van der Waals surface area (Å²) in [5.74, 6) is 1.90. The highest BCUT2D eigenvalue weighted by molar-refractivity contribution is 5.84. The van der Waals surface area contributed by atoms with E-state index in [-0.39, 0.29) is 24.8 Å². The van der Waals surface area contributed by atoms with Gasteiger partial charge in [0.15, 0.2) is 5.96 Å². The third-order valence-electron chi connectivity index (χ3n) is 7.24. The number of benzene rings is 3. The molecule has 1 atom stereocenters. The number of para-hydroxylation sites is 1. The van der Waals surface area contributed by atoms with Gasteiger partial charge in [-0.3, -0.25) is 0 Å². The fourth-order valence-electron chi connectivity index (χ4n) is 5.12. The molecule has 0 saturated heterocycles. The molecule has 3 aromatic rings. The van der Waals surface area contributed by atoms with E-state index in [1.807, 2.05) is 90.8 Å². The number of fused-ring (bicyclic) bond motifs is 1. The van der Waals surface area contributed by atoms with Gasteiger partial charge < -0.3 is 25.0 Å². The van der Waals surface area contributed by atoms with E-state index in [0.717, 1.165) is 54.0 Å². The van der Waals surface area contributed by atoms with E-state index in [2.05, 4.69) is 4.99 Å². The van der Waals surface area contributed by atoms with Gasteiger partial charge in [0.05, 0.1) is 11.7 Å². The second-order valence-corrected chi connectivity index (χ2v) is 9.71. The Morgan fingerprint density at radius 1 is 1.00 bits per heavy atom. The molecule has 0 spiro atoms. The molecule has 0 aromatic heterocycles. The zero-order valence-corrected chi connectivity index (χ0v) is 21.3. The van der Waals surface area contributed by atoms with Crippen molar-refractivity contribution in [3.05, 3.63) is 90.0 Å². The normalized spacial score (nSPS) is 16.4. The van der Waals surface area contributed by atoms with Crippen LogP contribution in [-0.4, -0.2) is 41.5 Å². The van der Waals surface area contributed by atoms with Crippen molar-refractivity contribution in [1.29, 1.82) is 0 Å². The van der Waals surface area contributed by atoms with Crippen LogP contribution in [0.25, 0.3) is 0 Å². The van der Waals surface area contributed by atoms with E-state index in [9.17, 15) is 4.79 Å². The van der Waals surface area contributed by atoms with Crippen LogP contribution in [0, 0.1) is 0 Å². The van der Waals surface area contributed by atoms with Crippen molar-refractivity contribution in [2.24, 2.45) is 10.7 Å². The number of hydrogen-bond donors (Lipinski definition) is 1. The van der Waals surface area contributed by atoms with Gasteiger partial charge in [-0.05, 0) is 48.7 Å². The first-order valence-electron chi connectivity index (χ1n) is 13.0. The summed E-state index contributed by atoms with van der Waals surface area (Å²) < 4.78 is 11.9. The zero-order chi connectivity index (χ0) is 25.6. The van der Waals surface area contributed by atoms with Gasteiger partial charge in [0.2, 0.25) is 0 Å². The van der Waals surface area contributed by atoms with E-state index in [0.29, 0.717) is 12.5 Å². The minimum absolute atomic E-state index is 0.172. The molecule has 0 bridgehead atoms. The summed E-state index contributed by atoms with van der Waals surface area (Å²) in [4.78, 5) is 21.4. The van der Waals surface area contributed by atoms with Crippen LogP contribution in [0.3, 0.4) is 0 Å². The third kappa shape index (κ3) is 5.88. The van der Waals surface area contributed by atoms with Gasteiger partial charge in [-0.25, -0.2) is 9.79 Å². The highest BCUT2D eigenvalue weighted by Gasteiger charge is 2.30. The molecule has 1 saturated carbocycles. The van der Waals surface area contributed by atoms with Crippen molar-refractivity contribution in [2.75, 3.05) is 13.7 Å². The smallest absolute Gasteiger partial charge is 0.409 e. The lowest BCUT2D eigenvalue weighted by atomic mass is 9.95. The quantitative estimate of drug-likeness (QED) is 0.409. The Morgan fingerprint density at radius 3 is 2.43 bits per heavy atom. The van der Waals surface area contributed by atoms with Crippen LogP contribution in [0.4, 0.5) is 10.5 Å². The lowest BCUT2D eigenvalue weighted by Gasteiger charge is -2.36. The molecule has 192 valence electrons. The average molecular weight is 499 g/mol. The van der Waals surface area contributed by atoms with E-state index in [1.165, 1.54) is 6.42 Å². The molecule has 7 nitrogen and oxygen atoms in total. The molecule has 1 aliphatic carbocycles. The van der Waals surface area contributed by atoms with E-state index in [1.54, 1.807) is 4.90 Å². The summed E-state index contributed by atoms with van der Waals surface area (Å²) in [7, 11) is 1.84. The first kappa shape index (κ1) is 24.7. The molecule has 0 unspecified atom stereocenters. The molecule has 1 amide bonds. The van der Waals surface area contributed by atoms with E-state index >= 15 is 0 Å². The molecule has 1 aliphatic heterocycles. The highest BCUT2D eigenvalue weighted by Crippen LogP contribution is 2.35. The van der Waals surface area contributed by atoms with Crippen LogP contribution in [0.5, 0.6) is 11.5 Å².